The van der Waals surface area contributed by atoms with E-state index in [2.05, 4.69) is 41.8 Å². The summed E-state index contributed by atoms with van der Waals surface area (Å²) in [5, 5.41) is 2.74. The SMILES string of the molecule is CCCNC(=O)O[C@](CC(C)C)(OC)c1ccccc1I. The van der Waals surface area contributed by atoms with Crippen molar-refractivity contribution < 1.29 is 14.3 Å². The highest BCUT2D eigenvalue weighted by Gasteiger charge is 2.39. The Hall–Kier alpha value is -0.820. The monoisotopic (exact) mass is 405 g/mol. The second-order valence-corrected chi connectivity index (χ2v) is 6.51. The van der Waals surface area contributed by atoms with Crippen LogP contribution in [0.2, 0.25) is 0 Å². The van der Waals surface area contributed by atoms with Crippen molar-refractivity contribution >= 4 is 28.7 Å². The van der Waals surface area contributed by atoms with Crippen LogP contribution in [0.15, 0.2) is 24.3 Å². The summed E-state index contributed by atoms with van der Waals surface area (Å²) in [7, 11) is 1.58. The lowest BCUT2D eigenvalue weighted by atomic mass is 9.95. The van der Waals surface area contributed by atoms with Crippen molar-refractivity contribution in [2.75, 3.05) is 13.7 Å². The van der Waals surface area contributed by atoms with Crippen molar-refractivity contribution in [3.63, 3.8) is 0 Å². The van der Waals surface area contributed by atoms with Crippen molar-refractivity contribution in [3.05, 3.63) is 33.4 Å². The van der Waals surface area contributed by atoms with Gasteiger partial charge in [-0.3, -0.25) is 0 Å². The Morgan fingerprint density at radius 2 is 2.05 bits per heavy atom. The molecule has 0 bridgehead atoms. The molecule has 0 radical (unpaired) electrons. The molecule has 1 rings (SSSR count). The lowest BCUT2D eigenvalue weighted by molar-refractivity contribution is -0.204. The summed E-state index contributed by atoms with van der Waals surface area (Å²) in [6, 6.07) is 7.81. The molecule has 4 nitrogen and oxygen atoms in total. The van der Waals surface area contributed by atoms with E-state index in [1.54, 1.807) is 7.11 Å². The minimum absolute atomic E-state index is 0.319. The number of carbonyl (C=O) groups excluding carboxylic acids is 1. The molecule has 1 N–H and O–H groups in total. The fraction of sp³-hybridized carbons (Fsp3) is 0.562. The normalized spacial score (nSPS) is 13.8. The van der Waals surface area contributed by atoms with Gasteiger partial charge in [-0.15, -0.1) is 0 Å². The van der Waals surface area contributed by atoms with E-state index in [9.17, 15) is 4.79 Å². The van der Waals surface area contributed by atoms with E-state index in [4.69, 9.17) is 9.47 Å². The van der Waals surface area contributed by atoms with Gasteiger partial charge in [-0.25, -0.2) is 4.79 Å². The summed E-state index contributed by atoms with van der Waals surface area (Å²) < 4.78 is 12.4. The summed E-state index contributed by atoms with van der Waals surface area (Å²) in [6.45, 7) is 6.75. The van der Waals surface area contributed by atoms with Gasteiger partial charge in [0, 0.05) is 29.2 Å². The molecular weight excluding hydrogens is 381 g/mol. The number of benzene rings is 1. The number of alkyl carbamates (subject to hydrolysis) is 1. The smallest absolute Gasteiger partial charge is 0.409 e. The van der Waals surface area contributed by atoms with Gasteiger partial charge < -0.3 is 14.8 Å². The van der Waals surface area contributed by atoms with Crippen LogP contribution < -0.4 is 5.32 Å². The number of hydrogen-bond donors (Lipinski definition) is 1. The first kappa shape index (κ1) is 18.2. The van der Waals surface area contributed by atoms with E-state index in [0.29, 0.717) is 18.9 Å². The molecule has 0 aliphatic carbocycles. The van der Waals surface area contributed by atoms with Crippen LogP contribution in [0.4, 0.5) is 4.79 Å². The summed E-state index contributed by atoms with van der Waals surface area (Å²) in [5.41, 5.74) is 0.883. The van der Waals surface area contributed by atoms with E-state index >= 15 is 0 Å². The van der Waals surface area contributed by atoms with Gasteiger partial charge in [0.15, 0.2) is 0 Å². The summed E-state index contributed by atoms with van der Waals surface area (Å²) in [5.74, 6) is -0.732. The van der Waals surface area contributed by atoms with E-state index in [1.165, 1.54) is 0 Å². The number of methoxy groups -OCH3 is 1. The zero-order valence-electron chi connectivity index (χ0n) is 13.1. The fourth-order valence-corrected chi connectivity index (χ4v) is 2.96. The number of amides is 1. The molecule has 1 atom stereocenters. The molecule has 0 unspecified atom stereocenters. The molecule has 0 spiro atoms. The molecule has 1 aromatic carbocycles. The third kappa shape index (κ3) is 5.14. The van der Waals surface area contributed by atoms with Crippen LogP contribution in [0, 0.1) is 9.49 Å². The van der Waals surface area contributed by atoms with Crippen LogP contribution in [-0.4, -0.2) is 19.7 Å². The molecule has 5 heteroatoms. The maximum atomic E-state index is 12.0. The molecule has 0 aromatic heterocycles. The van der Waals surface area contributed by atoms with Gasteiger partial charge in [0.2, 0.25) is 5.79 Å². The van der Waals surface area contributed by atoms with Gasteiger partial charge in [-0.2, -0.15) is 0 Å². The highest BCUT2D eigenvalue weighted by Crippen LogP contribution is 2.36. The molecule has 0 saturated carbocycles. The highest BCUT2D eigenvalue weighted by atomic mass is 127. The number of halogens is 1. The standard InChI is InChI=1S/C16H24INO3/c1-5-10-18-15(19)21-16(20-4,11-12(2)3)13-8-6-7-9-14(13)17/h6-9,12H,5,10-11H2,1-4H3,(H,18,19)/t16-/m0/s1. The predicted molar refractivity (Wildman–Crippen MR) is 92.1 cm³/mol. The Kier molecular flexibility index (Phi) is 7.45. The Balaban J connectivity index is 3.10. The number of hydrogen-bond acceptors (Lipinski definition) is 3. The first-order chi connectivity index (χ1) is 9.95. The zero-order valence-corrected chi connectivity index (χ0v) is 15.3. The largest absolute Gasteiger partial charge is 0.412 e. The van der Waals surface area contributed by atoms with E-state index < -0.39 is 11.9 Å². The van der Waals surface area contributed by atoms with Crippen LogP contribution >= 0.6 is 22.6 Å². The average molecular weight is 405 g/mol. The van der Waals surface area contributed by atoms with Gasteiger partial charge >= 0.3 is 6.09 Å². The van der Waals surface area contributed by atoms with Crippen LogP contribution in [-0.2, 0) is 15.3 Å². The maximum Gasteiger partial charge on any atom is 0.409 e. The molecule has 0 fully saturated rings. The second kappa shape index (κ2) is 8.58. The predicted octanol–water partition coefficient (Wildman–Crippen LogP) is 4.27. The third-order valence-corrected chi connectivity index (χ3v) is 4.01. The van der Waals surface area contributed by atoms with Crippen LogP contribution in [0.1, 0.15) is 39.2 Å². The Labute approximate surface area is 140 Å². The van der Waals surface area contributed by atoms with Crippen LogP contribution in [0.25, 0.3) is 0 Å². The topological polar surface area (TPSA) is 47.6 Å². The van der Waals surface area contributed by atoms with Gasteiger partial charge in [-0.05, 0) is 41.0 Å². The number of nitrogens with one attached hydrogen (secondary N) is 1. The molecule has 118 valence electrons. The molecule has 0 aliphatic heterocycles. The van der Waals surface area contributed by atoms with E-state index in [1.807, 2.05) is 31.2 Å². The number of carbonyl (C=O) groups is 1. The third-order valence-electron chi connectivity index (χ3n) is 3.07. The molecular formula is C16H24INO3. The van der Waals surface area contributed by atoms with Crippen LogP contribution in [0.3, 0.4) is 0 Å². The Morgan fingerprint density at radius 3 is 2.57 bits per heavy atom. The maximum absolute atomic E-state index is 12.0. The average Bonchev–Trinajstić information content (AvgIpc) is 2.44. The lowest BCUT2D eigenvalue weighted by Crippen LogP contribution is -2.40. The van der Waals surface area contributed by atoms with Gasteiger partial charge in [0.25, 0.3) is 0 Å². The van der Waals surface area contributed by atoms with E-state index in [-0.39, 0.29) is 0 Å². The zero-order chi connectivity index (χ0) is 15.9. The first-order valence-electron chi connectivity index (χ1n) is 7.22. The summed E-state index contributed by atoms with van der Waals surface area (Å²) in [4.78, 5) is 12.0. The fourth-order valence-electron chi connectivity index (χ4n) is 2.16. The van der Waals surface area contributed by atoms with Crippen molar-refractivity contribution in [2.24, 2.45) is 5.92 Å². The molecule has 1 amide bonds. The molecule has 0 heterocycles. The highest BCUT2D eigenvalue weighted by molar-refractivity contribution is 14.1. The van der Waals surface area contributed by atoms with E-state index in [0.717, 1.165) is 15.6 Å². The first-order valence-corrected chi connectivity index (χ1v) is 8.30. The van der Waals surface area contributed by atoms with Gasteiger partial charge in [-0.1, -0.05) is 39.0 Å². The molecule has 1 aromatic rings. The summed E-state index contributed by atoms with van der Waals surface area (Å²) >= 11 is 2.24. The summed E-state index contributed by atoms with van der Waals surface area (Å²) in [6.07, 6.45) is 1.02. The van der Waals surface area contributed by atoms with Crippen molar-refractivity contribution in [1.82, 2.24) is 5.32 Å². The second-order valence-electron chi connectivity index (χ2n) is 5.35. The van der Waals surface area contributed by atoms with Crippen LogP contribution in [0.5, 0.6) is 0 Å². The minimum atomic E-state index is -1.05. The quantitative estimate of drug-likeness (QED) is 0.545. The Morgan fingerprint density at radius 1 is 1.38 bits per heavy atom. The number of rotatable bonds is 7. The van der Waals surface area contributed by atoms with Crippen molar-refractivity contribution in [1.29, 1.82) is 0 Å². The van der Waals surface area contributed by atoms with Crippen molar-refractivity contribution in [2.45, 2.75) is 39.4 Å². The van der Waals surface area contributed by atoms with Gasteiger partial charge in [0.05, 0.1) is 0 Å². The van der Waals surface area contributed by atoms with Crippen molar-refractivity contribution in [3.8, 4) is 0 Å². The Bertz CT molecular complexity index is 465. The minimum Gasteiger partial charge on any atom is -0.412 e. The van der Waals surface area contributed by atoms with Gasteiger partial charge in [0.1, 0.15) is 0 Å². The molecule has 0 aliphatic rings. The molecule has 0 saturated heterocycles. The number of ether oxygens (including phenoxy) is 2. The lowest BCUT2D eigenvalue weighted by Gasteiger charge is -2.34. The molecule has 21 heavy (non-hydrogen) atoms.